The molecule has 1 rings (SSSR count). The van der Waals surface area contributed by atoms with E-state index in [2.05, 4.69) is 19.2 Å². The fourth-order valence-corrected chi connectivity index (χ4v) is 1.64. The maximum atomic E-state index is 10.5. The number of carbonyl (C=O) groups is 1. The number of rotatable bonds is 3. The molecule has 1 heterocycles. The summed E-state index contributed by atoms with van der Waals surface area (Å²) < 4.78 is 5.45. The first kappa shape index (κ1) is 10.5. The van der Waals surface area contributed by atoms with Crippen LogP contribution in [0, 0.1) is 5.41 Å². The second-order valence-corrected chi connectivity index (χ2v) is 4.22. The van der Waals surface area contributed by atoms with Gasteiger partial charge in [-0.25, -0.2) is 0 Å². The zero-order chi connectivity index (χ0) is 9.90. The summed E-state index contributed by atoms with van der Waals surface area (Å²) >= 11 is 0. The number of carbonyl (C=O) groups excluding carboxylic acids is 1. The van der Waals surface area contributed by atoms with Gasteiger partial charge < -0.3 is 15.8 Å². The number of hydrogen-bond acceptors (Lipinski definition) is 3. The van der Waals surface area contributed by atoms with E-state index in [1.54, 1.807) is 0 Å². The fraction of sp³-hybridized carbons (Fsp3) is 0.889. The van der Waals surface area contributed by atoms with Gasteiger partial charge in [-0.15, -0.1) is 0 Å². The summed E-state index contributed by atoms with van der Waals surface area (Å²) in [6.45, 7) is 6.17. The molecule has 0 aromatic rings. The number of amides is 1. The summed E-state index contributed by atoms with van der Waals surface area (Å²) in [5.74, 6) is -0.394. The molecular weight excluding hydrogens is 168 g/mol. The van der Waals surface area contributed by atoms with Crippen molar-refractivity contribution in [1.82, 2.24) is 5.32 Å². The number of piperidine rings is 1. The van der Waals surface area contributed by atoms with Crippen molar-refractivity contribution in [2.75, 3.05) is 19.7 Å². The molecule has 4 nitrogen and oxygen atoms in total. The van der Waals surface area contributed by atoms with E-state index in [-0.39, 0.29) is 18.1 Å². The van der Waals surface area contributed by atoms with Crippen molar-refractivity contribution >= 4 is 5.91 Å². The van der Waals surface area contributed by atoms with Crippen LogP contribution in [0.2, 0.25) is 0 Å². The van der Waals surface area contributed by atoms with Gasteiger partial charge in [-0.1, -0.05) is 13.8 Å². The van der Waals surface area contributed by atoms with E-state index in [0.717, 1.165) is 19.5 Å². The van der Waals surface area contributed by atoms with Crippen molar-refractivity contribution in [3.63, 3.8) is 0 Å². The first-order valence-electron chi connectivity index (χ1n) is 4.63. The van der Waals surface area contributed by atoms with Gasteiger partial charge in [-0.3, -0.25) is 4.79 Å². The standard InChI is InChI=1S/C9H18N2O2/c1-9(2)6-11-4-3-7(9)13-5-8(10)12/h7,11H,3-6H2,1-2H3,(H2,10,12). The highest BCUT2D eigenvalue weighted by molar-refractivity contribution is 5.75. The Hall–Kier alpha value is -0.610. The van der Waals surface area contributed by atoms with Crippen LogP contribution in [0.15, 0.2) is 0 Å². The summed E-state index contributed by atoms with van der Waals surface area (Å²) in [7, 11) is 0. The van der Waals surface area contributed by atoms with Gasteiger partial charge in [0, 0.05) is 12.0 Å². The van der Waals surface area contributed by atoms with Crippen molar-refractivity contribution in [2.45, 2.75) is 26.4 Å². The first-order valence-corrected chi connectivity index (χ1v) is 4.63. The third-order valence-corrected chi connectivity index (χ3v) is 2.46. The normalized spacial score (nSPS) is 27.1. The highest BCUT2D eigenvalue weighted by Crippen LogP contribution is 2.27. The minimum Gasteiger partial charge on any atom is -0.368 e. The molecule has 0 aliphatic carbocycles. The van der Waals surface area contributed by atoms with Crippen LogP contribution < -0.4 is 11.1 Å². The third-order valence-electron chi connectivity index (χ3n) is 2.46. The van der Waals surface area contributed by atoms with E-state index in [0.29, 0.717) is 0 Å². The molecule has 0 aromatic carbocycles. The molecule has 1 aliphatic rings. The number of ether oxygens (including phenoxy) is 1. The fourth-order valence-electron chi connectivity index (χ4n) is 1.64. The van der Waals surface area contributed by atoms with Crippen molar-refractivity contribution in [2.24, 2.45) is 11.1 Å². The molecule has 1 atom stereocenters. The predicted molar refractivity (Wildman–Crippen MR) is 50.2 cm³/mol. The molecular formula is C9H18N2O2. The summed E-state index contributed by atoms with van der Waals surface area (Å²) in [6.07, 6.45) is 1.08. The number of nitrogens with two attached hydrogens (primary N) is 1. The topological polar surface area (TPSA) is 64.3 Å². The zero-order valence-corrected chi connectivity index (χ0v) is 8.30. The molecule has 76 valence electrons. The maximum Gasteiger partial charge on any atom is 0.243 e. The number of primary amides is 1. The zero-order valence-electron chi connectivity index (χ0n) is 8.30. The largest absolute Gasteiger partial charge is 0.368 e. The van der Waals surface area contributed by atoms with Gasteiger partial charge in [0.1, 0.15) is 6.61 Å². The average molecular weight is 186 g/mol. The first-order chi connectivity index (χ1) is 6.02. The molecule has 1 amide bonds. The Morgan fingerprint density at radius 2 is 2.38 bits per heavy atom. The molecule has 1 saturated heterocycles. The van der Waals surface area contributed by atoms with Gasteiger partial charge in [0.05, 0.1) is 6.10 Å². The highest BCUT2D eigenvalue weighted by atomic mass is 16.5. The van der Waals surface area contributed by atoms with E-state index < -0.39 is 5.91 Å². The van der Waals surface area contributed by atoms with Crippen LogP contribution in [-0.2, 0) is 9.53 Å². The lowest BCUT2D eigenvalue weighted by molar-refractivity contribution is -0.128. The summed E-state index contributed by atoms with van der Waals surface area (Å²) in [5, 5.41) is 3.30. The van der Waals surface area contributed by atoms with Gasteiger partial charge in [0.25, 0.3) is 0 Å². The van der Waals surface area contributed by atoms with Crippen molar-refractivity contribution in [3.8, 4) is 0 Å². The van der Waals surface area contributed by atoms with Crippen LogP contribution >= 0.6 is 0 Å². The molecule has 0 aromatic heterocycles. The van der Waals surface area contributed by atoms with Crippen LogP contribution in [0.5, 0.6) is 0 Å². The maximum absolute atomic E-state index is 10.5. The lowest BCUT2D eigenvalue weighted by Crippen LogP contribution is -2.48. The molecule has 0 spiro atoms. The van der Waals surface area contributed by atoms with E-state index in [9.17, 15) is 4.79 Å². The Kier molecular flexibility index (Phi) is 3.27. The Bertz CT molecular complexity index is 192. The van der Waals surface area contributed by atoms with E-state index in [4.69, 9.17) is 10.5 Å². The summed E-state index contributed by atoms with van der Waals surface area (Å²) in [6, 6.07) is 0. The van der Waals surface area contributed by atoms with Crippen LogP contribution in [0.1, 0.15) is 20.3 Å². The minimum atomic E-state index is -0.394. The molecule has 13 heavy (non-hydrogen) atoms. The lowest BCUT2D eigenvalue weighted by atomic mass is 9.82. The van der Waals surface area contributed by atoms with Gasteiger partial charge >= 0.3 is 0 Å². The van der Waals surface area contributed by atoms with Gasteiger partial charge in [0.15, 0.2) is 0 Å². The molecule has 4 heteroatoms. The molecule has 0 radical (unpaired) electrons. The minimum absolute atomic E-state index is 0.0358. The Morgan fingerprint density at radius 3 is 2.92 bits per heavy atom. The van der Waals surface area contributed by atoms with Gasteiger partial charge in [-0.2, -0.15) is 0 Å². The number of hydrogen-bond donors (Lipinski definition) is 2. The van der Waals surface area contributed by atoms with E-state index in [1.165, 1.54) is 0 Å². The van der Waals surface area contributed by atoms with Crippen LogP contribution in [0.3, 0.4) is 0 Å². The van der Waals surface area contributed by atoms with Crippen LogP contribution in [-0.4, -0.2) is 31.7 Å². The second-order valence-electron chi connectivity index (χ2n) is 4.22. The third kappa shape index (κ3) is 2.97. The Morgan fingerprint density at radius 1 is 1.69 bits per heavy atom. The highest BCUT2D eigenvalue weighted by Gasteiger charge is 2.32. The van der Waals surface area contributed by atoms with E-state index >= 15 is 0 Å². The summed E-state index contributed by atoms with van der Waals surface area (Å²) in [4.78, 5) is 10.5. The van der Waals surface area contributed by atoms with E-state index in [1.807, 2.05) is 0 Å². The molecule has 3 N–H and O–H groups in total. The molecule has 1 aliphatic heterocycles. The smallest absolute Gasteiger partial charge is 0.243 e. The monoisotopic (exact) mass is 186 g/mol. The van der Waals surface area contributed by atoms with Crippen molar-refractivity contribution in [1.29, 1.82) is 0 Å². The Balaban J connectivity index is 2.41. The molecule has 1 unspecified atom stereocenters. The Labute approximate surface area is 78.8 Å². The van der Waals surface area contributed by atoms with Crippen molar-refractivity contribution in [3.05, 3.63) is 0 Å². The van der Waals surface area contributed by atoms with Gasteiger partial charge in [0.2, 0.25) is 5.91 Å². The predicted octanol–water partition coefficient (Wildman–Crippen LogP) is -0.124. The summed E-state index contributed by atoms with van der Waals surface area (Å²) in [5.41, 5.74) is 5.11. The quantitative estimate of drug-likeness (QED) is 0.645. The van der Waals surface area contributed by atoms with Crippen LogP contribution in [0.4, 0.5) is 0 Å². The number of nitrogens with one attached hydrogen (secondary N) is 1. The SMILES string of the molecule is CC1(C)CNCCC1OCC(N)=O. The van der Waals surface area contributed by atoms with Gasteiger partial charge in [-0.05, 0) is 13.0 Å². The molecule has 0 saturated carbocycles. The molecule has 0 bridgehead atoms. The lowest BCUT2D eigenvalue weighted by Gasteiger charge is -2.38. The second kappa shape index (κ2) is 4.07. The average Bonchev–Trinajstić information content (AvgIpc) is 2.01. The van der Waals surface area contributed by atoms with Crippen molar-refractivity contribution < 1.29 is 9.53 Å². The molecule has 1 fully saturated rings. The van der Waals surface area contributed by atoms with Crippen LogP contribution in [0.25, 0.3) is 0 Å².